The Kier molecular flexibility index (Phi) is 4.10. The fourth-order valence-electron chi connectivity index (χ4n) is 1.38. The topological polar surface area (TPSA) is 46.5 Å². The van der Waals surface area contributed by atoms with Crippen molar-refractivity contribution in [3.05, 3.63) is 29.6 Å². The van der Waals surface area contributed by atoms with Gasteiger partial charge in [0.25, 0.3) is 0 Å². The van der Waals surface area contributed by atoms with Crippen molar-refractivity contribution in [3.8, 4) is 5.75 Å². The van der Waals surface area contributed by atoms with E-state index >= 15 is 0 Å². The van der Waals surface area contributed by atoms with E-state index in [1.54, 1.807) is 20.8 Å². The van der Waals surface area contributed by atoms with Crippen LogP contribution >= 0.6 is 0 Å². The molecule has 0 spiro atoms. The molecule has 3 nitrogen and oxygen atoms in total. The van der Waals surface area contributed by atoms with Crippen LogP contribution in [0.2, 0.25) is 0 Å². The molecule has 0 unspecified atom stereocenters. The largest absolute Gasteiger partial charge is 0.508 e. The van der Waals surface area contributed by atoms with Gasteiger partial charge in [-0.1, -0.05) is 6.07 Å². The summed E-state index contributed by atoms with van der Waals surface area (Å²) in [5.74, 6) is -0.960. The van der Waals surface area contributed by atoms with Crippen molar-refractivity contribution in [1.29, 1.82) is 0 Å². The summed E-state index contributed by atoms with van der Waals surface area (Å²) >= 11 is 0. The molecule has 17 heavy (non-hydrogen) atoms. The first kappa shape index (κ1) is 13.5. The van der Waals surface area contributed by atoms with Gasteiger partial charge >= 0.3 is 5.97 Å². The van der Waals surface area contributed by atoms with Crippen molar-refractivity contribution in [2.75, 3.05) is 0 Å². The second-order valence-corrected chi connectivity index (χ2v) is 4.86. The number of carbonyl (C=O) groups is 1. The van der Waals surface area contributed by atoms with Gasteiger partial charge in [-0.05, 0) is 38.8 Å². The van der Waals surface area contributed by atoms with Crippen molar-refractivity contribution >= 4 is 5.97 Å². The minimum Gasteiger partial charge on any atom is -0.508 e. The highest BCUT2D eigenvalue weighted by Gasteiger charge is 2.16. The fraction of sp³-hybridized carbons (Fsp3) is 0.462. The van der Waals surface area contributed by atoms with Crippen LogP contribution in [0.3, 0.4) is 0 Å². The first-order chi connectivity index (χ1) is 7.78. The predicted octanol–water partition coefficient (Wildman–Crippen LogP) is 2.81. The van der Waals surface area contributed by atoms with E-state index in [1.165, 1.54) is 12.1 Å². The number of benzene rings is 1. The van der Waals surface area contributed by atoms with Gasteiger partial charge < -0.3 is 9.84 Å². The maximum Gasteiger partial charge on any atom is 0.306 e. The molecule has 0 atom stereocenters. The first-order valence-electron chi connectivity index (χ1n) is 5.47. The quantitative estimate of drug-likeness (QED) is 0.826. The third-order valence-electron chi connectivity index (χ3n) is 2.07. The minimum absolute atomic E-state index is 0.131. The van der Waals surface area contributed by atoms with Gasteiger partial charge in [-0.15, -0.1) is 0 Å². The SMILES string of the molecule is CC(C)(C)OC(=O)CCc1ccc(F)cc1O. The summed E-state index contributed by atoms with van der Waals surface area (Å²) in [6, 6.07) is 3.75. The molecule has 0 fully saturated rings. The first-order valence-corrected chi connectivity index (χ1v) is 5.47. The zero-order valence-electron chi connectivity index (χ0n) is 10.3. The number of phenolic OH excluding ortho intramolecular Hbond substituents is 1. The van der Waals surface area contributed by atoms with Gasteiger partial charge in [-0.2, -0.15) is 0 Å². The summed E-state index contributed by atoms with van der Waals surface area (Å²) in [5.41, 5.74) is 0.0271. The molecule has 0 saturated heterocycles. The molecule has 1 aromatic rings. The van der Waals surface area contributed by atoms with Gasteiger partial charge in [0.05, 0.1) is 0 Å². The van der Waals surface area contributed by atoms with Crippen LogP contribution < -0.4 is 0 Å². The number of carbonyl (C=O) groups excluding carboxylic acids is 1. The molecule has 94 valence electrons. The second kappa shape index (κ2) is 5.17. The Bertz CT molecular complexity index is 408. The molecule has 0 aliphatic heterocycles. The van der Waals surface area contributed by atoms with Crippen molar-refractivity contribution in [3.63, 3.8) is 0 Å². The average Bonchev–Trinajstić information content (AvgIpc) is 2.13. The summed E-state index contributed by atoms with van der Waals surface area (Å²) in [4.78, 5) is 11.4. The lowest BCUT2D eigenvalue weighted by molar-refractivity contribution is -0.154. The van der Waals surface area contributed by atoms with Crippen molar-refractivity contribution in [2.24, 2.45) is 0 Å². The highest BCUT2D eigenvalue weighted by molar-refractivity contribution is 5.70. The standard InChI is InChI=1S/C13H17FO3/c1-13(2,3)17-12(16)7-5-9-4-6-10(14)8-11(9)15/h4,6,8,15H,5,7H2,1-3H3. The highest BCUT2D eigenvalue weighted by Crippen LogP contribution is 2.20. The van der Waals surface area contributed by atoms with Crippen LogP contribution in [0, 0.1) is 5.82 Å². The number of hydrogen-bond donors (Lipinski definition) is 1. The second-order valence-electron chi connectivity index (χ2n) is 4.86. The molecule has 0 aromatic heterocycles. The third-order valence-corrected chi connectivity index (χ3v) is 2.07. The van der Waals surface area contributed by atoms with E-state index in [0.29, 0.717) is 12.0 Å². The molecule has 1 aromatic carbocycles. The number of esters is 1. The van der Waals surface area contributed by atoms with Gasteiger partial charge in [-0.25, -0.2) is 4.39 Å². The number of halogens is 1. The molecular formula is C13H17FO3. The van der Waals surface area contributed by atoms with Gasteiger partial charge in [0.1, 0.15) is 17.2 Å². The van der Waals surface area contributed by atoms with Crippen molar-refractivity contribution < 1.29 is 19.0 Å². The van der Waals surface area contributed by atoms with Gasteiger partial charge in [0.2, 0.25) is 0 Å². The molecule has 0 heterocycles. The van der Waals surface area contributed by atoms with Gasteiger partial charge in [0, 0.05) is 12.5 Å². The van der Waals surface area contributed by atoms with Crippen LogP contribution in [0.5, 0.6) is 5.75 Å². The summed E-state index contributed by atoms with van der Waals surface area (Å²) < 4.78 is 17.8. The monoisotopic (exact) mass is 240 g/mol. The summed E-state index contributed by atoms with van der Waals surface area (Å²) in [5, 5.41) is 9.44. The van der Waals surface area contributed by atoms with Crippen molar-refractivity contribution in [2.45, 2.75) is 39.2 Å². The van der Waals surface area contributed by atoms with E-state index in [9.17, 15) is 14.3 Å². The normalized spacial score (nSPS) is 11.3. The van der Waals surface area contributed by atoms with Gasteiger partial charge in [0.15, 0.2) is 0 Å². The Morgan fingerprint density at radius 2 is 2.06 bits per heavy atom. The maximum atomic E-state index is 12.7. The molecule has 0 amide bonds. The summed E-state index contributed by atoms with van der Waals surface area (Å²) in [6.45, 7) is 5.38. The third kappa shape index (κ3) is 4.85. The molecule has 0 aliphatic carbocycles. The van der Waals surface area contributed by atoms with E-state index in [-0.39, 0.29) is 18.1 Å². The minimum atomic E-state index is -0.512. The molecule has 0 radical (unpaired) electrons. The van der Waals surface area contributed by atoms with Crippen LogP contribution in [-0.2, 0) is 16.0 Å². The number of aromatic hydroxyl groups is 1. The molecule has 0 aliphatic rings. The number of rotatable bonds is 3. The van der Waals surface area contributed by atoms with Crippen LogP contribution in [0.15, 0.2) is 18.2 Å². The lowest BCUT2D eigenvalue weighted by Gasteiger charge is -2.19. The van der Waals surface area contributed by atoms with E-state index in [1.807, 2.05) is 0 Å². The lowest BCUT2D eigenvalue weighted by atomic mass is 10.1. The van der Waals surface area contributed by atoms with E-state index in [4.69, 9.17) is 4.74 Å². The van der Waals surface area contributed by atoms with Crippen LogP contribution in [-0.4, -0.2) is 16.7 Å². The Morgan fingerprint density at radius 1 is 1.41 bits per heavy atom. The Labute approximate surface area is 100 Å². The average molecular weight is 240 g/mol. The van der Waals surface area contributed by atoms with Gasteiger partial charge in [-0.3, -0.25) is 4.79 Å². The fourth-order valence-corrected chi connectivity index (χ4v) is 1.38. The molecule has 1 N–H and O–H groups in total. The Hall–Kier alpha value is -1.58. The molecule has 0 saturated carbocycles. The van der Waals surface area contributed by atoms with Crippen molar-refractivity contribution in [1.82, 2.24) is 0 Å². The van der Waals surface area contributed by atoms with E-state index < -0.39 is 11.4 Å². The maximum absolute atomic E-state index is 12.7. The zero-order valence-corrected chi connectivity index (χ0v) is 10.3. The zero-order chi connectivity index (χ0) is 13.1. The molecule has 4 heteroatoms. The van der Waals surface area contributed by atoms with Crippen LogP contribution in [0.1, 0.15) is 32.8 Å². The molecule has 1 rings (SSSR count). The number of hydrogen-bond acceptors (Lipinski definition) is 3. The highest BCUT2D eigenvalue weighted by atomic mass is 19.1. The van der Waals surface area contributed by atoms with E-state index in [0.717, 1.165) is 6.07 Å². The Morgan fingerprint density at radius 3 is 2.59 bits per heavy atom. The van der Waals surface area contributed by atoms with Crippen LogP contribution in [0.4, 0.5) is 4.39 Å². The number of ether oxygens (including phenoxy) is 1. The smallest absolute Gasteiger partial charge is 0.306 e. The van der Waals surface area contributed by atoms with E-state index in [2.05, 4.69) is 0 Å². The predicted molar refractivity (Wildman–Crippen MR) is 62.2 cm³/mol. The summed E-state index contributed by atoms with van der Waals surface area (Å²) in [6.07, 6.45) is 0.498. The molecular weight excluding hydrogens is 223 g/mol. The summed E-state index contributed by atoms with van der Waals surface area (Å²) in [7, 11) is 0. The lowest BCUT2D eigenvalue weighted by Crippen LogP contribution is -2.24. The molecule has 0 bridgehead atoms. The Balaban J connectivity index is 2.53. The number of aryl methyl sites for hydroxylation is 1. The van der Waals surface area contributed by atoms with Crippen LogP contribution in [0.25, 0.3) is 0 Å². The number of phenols is 1.